The van der Waals surface area contributed by atoms with Gasteiger partial charge in [-0.25, -0.2) is 4.68 Å². The van der Waals surface area contributed by atoms with Crippen molar-refractivity contribution in [3.05, 3.63) is 78.1 Å². The molecule has 0 aliphatic rings. The van der Waals surface area contributed by atoms with Crippen LogP contribution in [-0.2, 0) is 0 Å². The molecule has 0 saturated carbocycles. The molecule has 0 unspecified atom stereocenters. The van der Waals surface area contributed by atoms with Crippen molar-refractivity contribution in [2.24, 2.45) is 0 Å². The number of methoxy groups -OCH3 is 2. The Hall–Kier alpha value is -4.66. The summed E-state index contributed by atoms with van der Waals surface area (Å²) in [6, 6.07) is 20.5. The van der Waals surface area contributed by atoms with Crippen molar-refractivity contribution in [1.29, 1.82) is 0 Å². The first-order valence-corrected chi connectivity index (χ1v) is 10.5. The number of carbonyl (C=O) groups is 1. The van der Waals surface area contributed by atoms with E-state index in [-0.39, 0.29) is 5.69 Å². The molecule has 2 aromatic heterocycles. The van der Waals surface area contributed by atoms with Crippen molar-refractivity contribution in [3.63, 3.8) is 0 Å². The molecule has 0 aliphatic heterocycles. The highest BCUT2D eigenvalue weighted by atomic mass is 16.5. The Morgan fingerprint density at radius 3 is 2.59 bits per heavy atom. The fourth-order valence-corrected chi connectivity index (χ4v) is 3.74. The van der Waals surface area contributed by atoms with E-state index in [1.54, 1.807) is 36.9 Å². The van der Waals surface area contributed by atoms with Crippen LogP contribution in [0.1, 0.15) is 16.2 Å². The number of amides is 1. The van der Waals surface area contributed by atoms with Crippen LogP contribution < -0.4 is 14.8 Å². The van der Waals surface area contributed by atoms with Crippen molar-refractivity contribution < 1.29 is 18.8 Å². The number of fused-ring (bicyclic) bond motifs is 1. The topological polar surface area (TPSA) is 104 Å². The molecule has 170 valence electrons. The van der Waals surface area contributed by atoms with E-state index in [0.29, 0.717) is 28.6 Å². The Kier molecular flexibility index (Phi) is 5.43. The number of ether oxygens (including phenoxy) is 2. The van der Waals surface area contributed by atoms with E-state index < -0.39 is 5.91 Å². The number of nitrogens with zero attached hydrogens (tertiary/aromatic N) is 4. The third-order valence-corrected chi connectivity index (χ3v) is 5.51. The summed E-state index contributed by atoms with van der Waals surface area (Å²) in [5, 5.41) is 16.2. The molecular weight excluding hydrogens is 434 g/mol. The van der Waals surface area contributed by atoms with Gasteiger partial charge in [-0.3, -0.25) is 4.79 Å². The molecule has 0 spiro atoms. The lowest BCUT2D eigenvalue weighted by Gasteiger charge is -2.11. The summed E-state index contributed by atoms with van der Waals surface area (Å²) in [5.74, 6) is 1.35. The van der Waals surface area contributed by atoms with Gasteiger partial charge in [0.15, 0.2) is 11.5 Å². The van der Waals surface area contributed by atoms with Crippen molar-refractivity contribution in [3.8, 4) is 28.5 Å². The third kappa shape index (κ3) is 3.73. The minimum absolute atomic E-state index is 0.193. The number of hydrogen-bond donors (Lipinski definition) is 1. The summed E-state index contributed by atoms with van der Waals surface area (Å²) >= 11 is 0. The lowest BCUT2D eigenvalue weighted by Crippen LogP contribution is -2.15. The molecule has 2 heterocycles. The smallest absolute Gasteiger partial charge is 0.278 e. The highest BCUT2D eigenvalue weighted by molar-refractivity contribution is 6.04. The standard InChI is InChI=1S/C25H21N5O4/c1-15-23(25(31)26-21-14-18(32-2)10-12-22(21)33-3)27-29-30(15)17-9-11-20-19(13-17)24(34-28-20)16-7-5-4-6-8-16/h4-14H,1-3H3,(H,26,31). The summed E-state index contributed by atoms with van der Waals surface area (Å²) in [7, 11) is 3.09. The van der Waals surface area contributed by atoms with Crippen molar-refractivity contribution in [2.75, 3.05) is 19.5 Å². The summed E-state index contributed by atoms with van der Waals surface area (Å²) in [6.45, 7) is 1.79. The summed E-state index contributed by atoms with van der Waals surface area (Å²) in [6.07, 6.45) is 0. The maximum Gasteiger partial charge on any atom is 0.278 e. The predicted octanol–water partition coefficient (Wildman–Crippen LogP) is 4.65. The van der Waals surface area contributed by atoms with Gasteiger partial charge in [-0.15, -0.1) is 5.10 Å². The molecule has 1 N–H and O–H groups in total. The van der Waals surface area contributed by atoms with Gasteiger partial charge in [0.05, 0.1) is 36.7 Å². The van der Waals surface area contributed by atoms with Crippen LogP contribution in [0.4, 0.5) is 5.69 Å². The molecule has 0 fully saturated rings. The van der Waals surface area contributed by atoms with E-state index in [1.807, 2.05) is 48.5 Å². The molecule has 3 aromatic carbocycles. The van der Waals surface area contributed by atoms with E-state index >= 15 is 0 Å². The van der Waals surface area contributed by atoms with Crippen molar-refractivity contribution in [2.45, 2.75) is 6.92 Å². The number of hydrogen-bond acceptors (Lipinski definition) is 7. The zero-order valence-electron chi connectivity index (χ0n) is 18.8. The summed E-state index contributed by atoms with van der Waals surface area (Å²) in [5.41, 5.74) is 3.62. The fourth-order valence-electron chi connectivity index (χ4n) is 3.74. The van der Waals surface area contributed by atoms with Gasteiger partial charge >= 0.3 is 0 Å². The van der Waals surface area contributed by atoms with E-state index in [9.17, 15) is 4.79 Å². The zero-order chi connectivity index (χ0) is 23.7. The Morgan fingerprint density at radius 1 is 1.00 bits per heavy atom. The molecule has 1 amide bonds. The first-order chi connectivity index (χ1) is 16.6. The number of rotatable bonds is 6. The number of anilines is 1. The van der Waals surface area contributed by atoms with E-state index in [0.717, 1.165) is 22.2 Å². The molecular formula is C25H21N5O4. The van der Waals surface area contributed by atoms with Gasteiger partial charge < -0.3 is 19.3 Å². The second-order valence-electron chi connectivity index (χ2n) is 7.53. The van der Waals surface area contributed by atoms with Gasteiger partial charge in [-0.05, 0) is 37.3 Å². The van der Waals surface area contributed by atoms with Gasteiger partial charge in [-0.2, -0.15) is 0 Å². The van der Waals surface area contributed by atoms with Crippen LogP contribution in [0.3, 0.4) is 0 Å². The van der Waals surface area contributed by atoms with Gasteiger partial charge in [0.2, 0.25) is 0 Å². The van der Waals surface area contributed by atoms with Crippen LogP contribution in [0.5, 0.6) is 11.5 Å². The third-order valence-electron chi connectivity index (χ3n) is 5.51. The maximum absolute atomic E-state index is 13.0. The van der Waals surface area contributed by atoms with Gasteiger partial charge in [0.1, 0.15) is 17.0 Å². The lowest BCUT2D eigenvalue weighted by atomic mass is 10.1. The quantitative estimate of drug-likeness (QED) is 0.397. The number of nitrogens with one attached hydrogen (secondary N) is 1. The molecule has 9 nitrogen and oxygen atoms in total. The van der Waals surface area contributed by atoms with Crippen LogP contribution in [0.15, 0.2) is 71.3 Å². The first-order valence-electron chi connectivity index (χ1n) is 10.5. The van der Waals surface area contributed by atoms with Crippen LogP contribution in [0, 0.1) is 6.92 Å². The largest absolute Gasteiger partial charge is 0.497 e. The molecule has 5 aromatic rings. The van der Waals surface area contributed by atoms with E-state index in [2.05, 4.69) is 20.8 Å². The van der Waals surface area contributed by atoms with Crippen LogP contribution in [0.25, 0.3) is 27.9 Å². The van der Waals surface area contributed by atoms with Crippen LogP contribution in [-0.4, -0.2) is 40.3 Å². The Morgan fingerprint density at radius 2 is 1.82 bits per heavy atom. The fraction of sp³-hybridized carbons (Fsp3) is 0.120. The van der Waals surface area contributed by atoms with Crippen LogP contribution in [0.2, 0.25) is 0 Å². The minimum atomic E-state index is -0.411. The van der Waals surface area contributed by atoms with Gasteiger partial charge in [0, 0.05) is 11.6 Å². The number of aromatic nitrogens is 4. The molecule has 0 saturated heterocycles. The average Bonchev–Trinajstić information content (AvgIpc) is 3.47. The number of carbonyl (C=O) groups excluding carboxylic acids is 1. The second kappa shape index (κ2) is 8.70. The molecule has 0 aliphatic carbocycles. The highest BCUT2D eigenvalue weighted by Gasteiger charge is 2.20. The minimum Gasteiger partial charge on any atom is -0.497 e. The Bertz CT molecular complexity index is 1490. The van der Waals surface area contributed by atoms with E-state index in [1.165, 1.54) is 7.11 Å². The molecule has 9 heteroatoms. The van der Waals surface area contributed by atoms with Crippen molar-refractivity contribution >= 4 is 22.5 Å². The summed E-state index contributed by atoms with van der Waals surface area (Å²) in [4.78, 5) is 13.0. The van der Waals surface area contributed by atoms with Crippen molar-refractivity contribution in [1.82, 2.24) is 20.2 Å². The van der Waals surface area contributed by atoms with E-state index in [4.69, 9.17) is 14.0 Å². The molecule has 0 radical (unpaired) electrons. The molecule has 5 rings (SSSR count). The molecule has 0 bridgehead atoms. The maximum atomic E-state index is 13.0. The monoisotopic (exact) mass is 455 g/mol. The normalized spacial score (nSPS) is 10.9. The number of benzene rings is 3. The van der Waals surface area contributed by atoms with Crippen LogP contribution >= 0.6 is 0 Å². The zero-order valence-corrected chi connectivity index (χ0v) is 18.8. The molecule has 0 atom stereocenters. The Labute approximate surface area is 194 Å². The van der Waals surface area contributed by atoms with Gasteiger partial charge in [0.25, 0.3) is 5.91 Å². The molecule has 34 heavy (non-hydrogen) atoms. The Balaban J connectivity index is 1.48. The highest BCUT2D eigenvalue weighted by Crippen LogP contribution is 2.31. The predicted molar refractivity (Wildman–Crippen MR) is 127 cm³/mol. The first kappa shape index (κ1) is 21.2. The van der Waals surface area contributed by atoms with Gasteiger partial charge in [-0.1, -0.05) is 40.7 Å². The second-order valence-corrected chi connectivity index (χ2v) is 7.53. The SMILES string of the molecule is COc1ccc(OC)c(NC(=O)c2nnn(-c3ccc4noc(-c5ccccc5)c4c3)c2C)c1. The lowest BCUT2D eigenvalue weighted by molar-refractivity contribution is 0.102. The summed E-state index contributed by atoms with van der Waals surface area (Å²) < 4.78 is 17.8. The average molecular weight is 455 g/mol.